The quantitative estimate of drug-likeness (QED) is 0.793. The molecule has 25 heavy (non-hydrogen) atoms. The molecule has 5 heteroatoms. The molecule has 1 fully saturated rings. The van der Waals surface area contributed by atoms with Gasteiger partial charge < -0.3 is 10.2 Å². The molecule has 0 bridgehead atoms. The number of piperidine rings is 1. The van der Waals surface area contributed by atoms with Gasteiger partial charge in [-0.2, -0.15) is 0 Å². The van der Waals surface area contributed by atoms with Crippen LogP contribution in [-0.4, -0.2) is 37.0 Å². The molecule has 3 nitrogen and oxygen atoms in total. The highest BCUT2D eigenvalue weighted by Gasteiger charge is 2.22. The molecule has 0 aliphatic carbocycles. The van der Waals surface area contributed by atoms with Gasteiger partial charge in [-0.15, -0.1) is 24.2 Å². The van der Waals surface area contributed by atoms with E-state index in [4.69, 9.17) is 0 Å². The average Bonchev–Trinajstić information content (AvgIpc) is 2.67. The van der Waals surface area contributed by atoms with E-state index < -0.39 is 0 Å². The number of rotatable bonds is 5. The van der Waals surface area contributed by atoms with Gasteiger partial charge in [0.2, 0.25) is 0 Å². The fourth-order valence-electron chi connectivity index (χ4n) is 2.98. The van der Waals surface area contributed by atoms with Crippen molar-refractivity contribution in [2.45, 2.75) is 29.5 Å². The Morgan fingerprint density at radius 3 is 2.32 bits per heavy atom. The number of amides is 1. The summed E-state index contributed by atoms with van der Waals surface area (Å²) in [5, 5.41) is 3.30. The van der Waals surface area contributed by atoms with Gasteiger partial charge in [-0.1, -0.05) is 30.3 Å². The largest absolute Gasteiger partial charge is 0.339 e. The van der Waals surface area contributed by atoms with Crippen LogP contribution >= 0.6 is 24.2 Å². The summed E-state index contributed by atoms with van der Waals surface area (Å²) in [5.41, 5.74) is 2.04. The number of likely N-dealkylation sites (tertiary alicyclic amines) is 1. The number of nitrogens with zero attached hydrogens (tertiary/aromatic N) is 1. The Kier molecular flexibility index (Phi) is 7.82. The topological polar surface area (TPSA) is 32.3 Å². The number of nitrogens with one attached hydrogen (secondary N) is 1. The van der Waals surface area contributed by atoms with E-state index in [0.717, 1.165) is 37.2 Å². The van der Waals surface area contributed by atoms with Crippen molar-refractivity contribution in [2.24, 2.45) is 0 Å². The van der Waals surface area contributed by atoms with E-state index in [1.807, 2.05) is 41.9 Å². The van der Waals surface area contributed by atoms with Crippen LogP contribution in [0.2, 0.25) is 0 Å². The second kappa shape index (κ2) is 9.85. The first-order chi connectivity index (χ1) is 11.8. The minimum absolute atomic E-state index is 0. The maximum absolute atomic E-state index is 12.6. The van der Waals surface area contributed by atoms with E-state index in [9.17, 15) is 4.79 Å². The van der Waals surface area contributed by atoms with Crippen molar-refractivity contribution in [3.8, 4) is 0 Å². The molecule has 1 N–H and O–H groups in total. The van der Waals surface area contributed by atoms with Crippen LogP contribution in [0.1, 0.15) is 28.8 Å². The summed E-state index contributed by atoms with van der Waals surface area (Å²) < 4.78 is 0. The highest BCUT2D eigenvalue weighted by molar-refractivity contribution is 7.98. The smallest absolute Gasteiger partial charge is 0.253 e. The second-order valence-corrected chi connectivity index (χ2v) is 7.20. The van der Waals surface area contributed by atoms with Crippen molar-refractivity contribution in [1.29, 1.82) is 0 Å². The normalized spacial score (nSPS) is 14.8. The summed E-state index contributed by atoms with van der Waals surface area (Å²) in [6, 6.07) is 19.0. The Hall–Kier alpha value is -1.49. The summed E-state index contributed by atoms with van der Waals surface area (Å²) in [6.45, 7) is 1.69. The van der Waals surface area contributed by atoms with Crippen LogP contribution in [0, 0.1) is 0 Å². The molecule has 0 radical (unpaired) electrons. The maximum atomic E-state index is 12.6. The van der Waals surface area contributed by atoms with Gasteiger partial charge in [0.25, 0.3) is 5.91 Å². The molecule has 1 saturated heterocycles. The summed E-state index contributed by atoms with van der Waals surface area (Å²) in [4.78, 5) is 15.8. The third kappa shape index (κ3) is 5.50. The van der Waals surface area contributed by atoms with Gasteiger partial charge in [0, 0.05) is 35.3 Å². The molecular weight excluding hydrogens is 352 g/mol. The van der Waals surface area contributed by atoms with E-state index >= 15 is 0 Å². The lowest BCUT2D eigenvalue weighted by atomic mass is 10.0. The van der Waals surface area contributed by atoms with Crippen LogP contribution in [0.4, 0.5) is 0 Å². The van der Waals surface area contributed by atoms with E-state index in [0.29, 0.717) is 6.04 Å². The Morgan fingerprint density at radius 2 is 1.72 bits per heavy atom. The molecule has 1 aliphatic heterocycles. The van der Waals surface area contributed by atoms with E-state index in [1.165, 1.54) is 10.5 Å². The molecule has 2 aromatic carbocycles. The number of benzene rings is 2. The van der Waals surface area contributed by atoms with Gasteiger partial charge >= 0.3 is 0 Å². The van der Waals surface area contributed by atoms with Gasteiger partial charge in [-0.25, -0.2) is 0 Å². The maximum Gasteiger partial charge on any atom is 0.253 e. The Morgan fingerprint density at radius 1 is 1.08 bits per heavy atom. The average molecular weight is 377 g/mol. The molecule has 1 heterocycles. The third-order valence-corrected chi connectivity index (χ3v) is 5.62. The zero-order chi connectivity index (χ0) is 16.8. The summed E-state index contributed by atoms with van der Waals surface area (Å²) in [5.74, 6) is 1.08. The van der Waals surface area contributed by atoms with Crippen LogP contribution in [0.3, 0.4) is 0 Å². The van der Waals surface area contributed by atoms with Crippen molar-refractivity contribution < 1.29 is 4.79 Å². The van der Waals surface area contributed by atoms with Crippen LogP contribution in [0.15, 0.2) is 59.5 Å². The summed E-state index contributed by atoms with van der Waals surface area (Å²) in [7, 11) is 1.99. The number of carbonyl (C=O) groups is 1. The van der Waals surface area contributed by atoms with E-state index in [2.05, 4.69) is 41.7 Å². The van der Waals surface area contributed by atoms with Gasteiger partial charge in [-0.05, 0) is 49.7 Å². The zero-order valence-electron chi connectivity index (χ0n) is 14.5. The van der Waals surface area contributed by atoms with E-state index in [1.54, 1.807) is 0 Å². The van der Waals surface area contributed by atoms with Crippen molar-refractivity contribution in [3.63, 3.8) is 0 Å². The molecule has 3 rings (SSSR count). The SMILES string of the molecule is CNC1CCN(C(=O)c2ccc(CSc3ccccc3)cc2)CC1.Cl. The Balaban J connectivity index is 0.00000225. The lowest BCUT2D eigenvalue weighted by Gasteiger charge is -2.31. The first-order valence-corrected chi connectivity index (χ1v) is 9.48. The number of halogens is 1. The Bertz CT molecular complexity index is 655. The molecule has 1 amide bonds. The molecular formula is C20H25ClN2OS. The standard InChI is InChI=1S/C20H24N2OS.ClH/c1-21-18-11-13-22(14-12-18)20(23)17-9-7-16(8-10-17)15-24-19-5-3-2-4-6-19;/h2-10,18,21H,11-15H2,1H3;1H. The van der Waals surface area contributed by atoms with Gasteiger partial charge in [0.1, 0.15) is 0 Å². The second-order valence-electron chi connectivity index (χ2n) is 6.15. The minimum atomic E-state index is 0. The molecule has 134 valence electrons. The monoisotopic (exact) mass is 376 g/mol. The molecule has 0 saturated carbocycles. The summed E-state index contributed by atoms with van der Waals surface area (Å²) >= 11 is 1.82. The lowest BCUT2D eigenvalue weighted by molar-refractivity contribution is 0.0707. The molecule has 0 spiro atoms. The van der Waals surface area contributed by atoms with Crippen molar-refractivity contribution >= 4 is 30.1 Å². The van der Waals surface area contributed by atoms with Crippen molar-refractivity contribution in [1.82, 2.24) is 10.2 Å². The predicted molar refractivity (Wildman–Crippen MR) is 108 cm³/mol. The molecule has 2 aromatic rings. The van der Waals surface area contributed by atoms with Gasteiger partial charge in [0.15, 0.2) is 0 Å². The van der Waals surface area contributed by atoms with Gasteiger partial charge in [-0.3, -0.25) is 4.79 Å². The first-order valence-electron chi connectivity index (χ1n) is 8.49. The predicted octanol–water partition coefficient (Wildman–Crippen LogP) is 4.22. The molecule has 1 aliphatic rings. The lowest BCUT2D eigenvalue weighted by Crippen LogP contribution is -2.43. The summed E-state index contributed by atoms with van der Waals surface area (Å²) in [6.07, 6.45) is 2.07. The van der Waals surface area contributed by atoms with Crippen molar-refractivity contribution in [3.05, 3.63) is 65.7 Å². The highest BCUT2D eigenvalue weighted by Crippen LogP contribution is 2.23. The van der Waals surface area contributed by atoms with Crippen LogP contribution < -0.4 is 5.32 Å². The molecule has 0 aromatic heterocycles. The van der Waals surface area contributed by atoms with Crippen molar-refractivity contribution in [2.75, 3.05) is 20.1 Å². The van der Waals surface area contributed by atoms with Crippen LogP contribution in [-0.2, 0) is 5.75 Å². The molecule has 0 unspecified atom stereocenters. The Labute approximate surface area is 160 Å². The van der Waals surface area contributed by atoms with Crippen LogP contribution in [0.25, 0.3) is 0 Å². The highest BCUT2D eigenvalue weighted by atomic mass is 35.5. The fourth-order valence-corrected chi connectivity index (χ4v) is 3.86. The third-order valence-electron chi connectivity index (χ3n) is 4.54. The number of hydrogen-bond donors (Lipinski definition) is 1. The zero-order valence-corrected chi connectivity index (χ0v) is 16.1. The van der Waals surface area contributed by atoms with Crippen LogP contribution in [0.5, 0.6) is 0 Å². The van der Waals surface area contributed by atoms with Gasteiger partial charge in [0.05, 0.1) is 0 Å². The molecule has 0 atom stereocenters. The first kappa shape index (κ1) is 19.8. The minimum Gasteiger partial charge on any atom is -0.339 e. The number of carbonyl (C=O) groups excluding carboxylic acids is 1. The van der Waals surface area contributed by atoms with E-state index in [-0.39, 0.29) is 18.3 Å². The number of hydrogen-bond acceptors (Lipinski definition) is 3. The number of thioether (sulfide) groups is 1. The fraction of sp³-hybridized carbons (Fsp3) is 0.350.